The van der Waals surface area contributed by atoms with Crippen LogP contribution in [0.3, 0.4) is 0 Å². The van der Waals surface area contributed by atoms with E-state index in [-0.39, 0.29) is 12.7 Å². The number of carbonyl (C=O) groups is 1. The van der Waals surface area contributed by atoms with Gasteiger partial charge >= 0.3 is 5.97 Å². The maximum absolute atomic E-state index is 10.7. The average molecular weight is 316 g/mol. The summed E-state index contributed by atoms with van der Waals surface area (Å²) in [5, 5.41) is 8.79. The average Bonchev–Trinajstić information content (AvgIpc) is 2.50. The van der Waals surface area contributed by atoms with Gasteiger partial charge in [-0.15, -0.1) is 0 Å². The molecule has 0 amide bonds. The molecule has 0 saturated carbocycles. The highest BCUT2D eigenvalue weighted by molar-refractivity contribution is 5.66. The molecule has 0 bridgehead atoms. The van der Waals surface area contributed by atoms with Gasteiger partial charge in [-0.2, -0.15) is 0 Å². The molecule has 0 unspecified atom stereocenters. The molecule has 22 heavy (non-hydrogen) atoms. The number of aliphatic carboxylic acids is 1. The summed E-state index contributed by atoms with van der Waals surface area (Å²) in [5.41, 5.74) is 0. The lowest BCUT2D eigenvalue weighted by molar-refractivity contribution is -0.156. The molecule has 0 radical (unpaired) electrons. The molecule has 0 aromatic heterocycles. The quantitative estimate of drug-likeness (QED) is 0.298. The Morgan fingerprint density at radius 3 is 1.68 bits per heavy atom. The van der Waals surface area contributed by atoms with Gasteiger partial charge in [-0.05, 0) is 12.8 Å². The molecule has 0 fully saturated rings. The van der Waals surface area contributed by atoms with Gasteiger partial charge in [0.25, 0.3) is 0 Å². The third kappa shape index (κ3) is 15.8. The van der Waals surface area contributed by atoms with Gasteiger partial charge in [0, 0.05) is 19.6 Å². The molecular weight excluding hydrogens is 280 g/mol. The minimum atomic E-state index is -0.789. The van der Waals surface area contributed by atoms with Crippen molar-refractivity contribution < 1.29 is 19.4 Å². The SMILES string of the molecule is CCCCCCCOC(CCC(=O)O)OCCCCCCC. The van der Waals surface area contributed by atoms with Crippen LogP contribution in [0.4, 0.5) is 0 Å². The van der Waals surface area contributed by atoms with Crippen LogP contribution in [0.2, 0.25) is 0 Å². The topological polar surface area (TPSA) is 55.8 Å². The molecule has 0 rings (SSSR count). The van der Waals surface area contributed by atoms with Crippen molar-refractivity contribution in [3.05, 3.63) is 0 Å². The van der Waals surface area contributed by atoms with Crippen molar-refractivity contribution in [3.8, 4) is 0 Å². The van der Waals surface area contributed by atoms with Crippen LogP contribution in [-0.2, 0) is 14.3 Å². The number of ether oxygens (including phenoxy) is 2. The van der Waals surface area contributed by atoms with Crippen LogP contribution in [0.5, 0.6) is 0 Å². The second kappa shape index (κ2) is 16.8. The first kappa shape index (κ1) is 21.4. The molecule has 0 atom stereocenters. The largest absolute Gasteiger partial charge is 0.481 e. The van der Waals surface area contributed by atoms with Gasteiger partial charge < -0.3 is 14.6 Å². The van der Waals surface area contributed by atoms with Crippen molar-refractivity contribution in [1.29, 1.82) is 0 Å². The van der Waals surface area contributed by atoms with E-state index in [2.05, 4.69) is 13.8 Å². The van der Waals surface area contributed by atoms with Crippen LogP contribution in [0.1, 0.15) is 90.9 Å². The van der Waals surface area contributed by atoms with E-state index in [1.165, 1.54) is 51.4 Å². The minimum absolute atomic E-state index is 0.107. The fraction of sp³-hybridized carbons (Fsp3) is 0.944. The first-order valence-electron chi connectivity index (χ1n) is 9.15. The fourth-order valence-electron chi connectivity index (χ4n) is 2.30. The third-order valence-corrected chi connectivity index (χ3v) is 3.70. The highest BCUT2D eigenvalue weighted by Crippen LogP contribution is 2.10. The molecule has 0 spiro atoms. The second-order valence-corrected chi connectivity index (χ2v) is 5.93. The van der Waals surface area contributed by atoms with E-state index in [9.17, 15) is 4.79 Å². The van der Waals surface area contributed by atoms with E-state index >= 15 is 0 Å². The maximum Gasteiger partial charge on any atom is 0.303 e. The standard InChI is InChI=1S/C18H36O4/c1-3-5-7-9-11-15-21-18(14-13-17(19)20)22-16-12-10-8-6-4-2/h18H,3-16H2,1-2H3,(H,19,20). The monoisotopic (exact) mass is 316 g/mol. The van der Waals surface area contributed by atoms with E-state index in [1.807, 2.05) is 0 Å². The van der Waals surface area contributed by atoms with Gasteiger partial charge in [0.1, 0.15) is 0 Å². The molecule has 0 aromatic carbocycles. The maximum atomic E-state index is 10.7. The van der Waals surface area contributed by atoms with Gasteiger partial charge in [0.15, 0.2) is 6.29 Å². The Kier molecular flexibility index (Phi) is 16.3. The zero-order chi connectivity index (χ0) is 16.5. The zero-order valence-electron chi connectivity index (χ0n) is 14.6. The molecule has 4 nitrogen and oxygen atoms in total. The predicted molar refractivity (Wildman–Crippen MR) is 90.1 cm³/mol. The van der Waals surface area contributed by atoms with Gasteiger partial charge in [0.05, 0.1) is 6.42 Å². The number of hydrogen-bond acceptors (Lipinski definition) is 3. The van der Waals surface area contributed by atoms with Gasteiger partial charge in [-0.3, -0.25) is 4.79 Å². The Bertz CT molecular complexity index is 227. The first-order chi connectivity index (χ1) is 10.7. The van der Waals surface area contributed by atoms with Crippen LogP contribution in [0.15, 0.2) is 0 Å². The number of unbranched alkanes of at least 4 members (excludes halogenated alkanes) is 8. The molecule has 0 heterocycles. The van der Waals surface area contributed by atoms with Crippen molar-refractivity contribution in [1.82, 2.24) is 0 Å². The highest BCUT2D eigenvalue weighted by atomic mass is 16.7. The van der Waals surface area contributed by atoms with E-state index in [1.54, 1.807) is 0 Å². The summed E-state index contributed by atoms with van der Waals surface area (Å²) in [7, 11) is 0. The molecule has 1 N–H and O–H groups in total. The molecule has 0 aliphatic rings. The Hall–Kier alpha value is -0.610. The van der Waals surface area contributed by atoms with Crippen LogP contribution >= 0.6 is 0 Å². The molecule has 0 aliphatic heterocycles. The van der Waals surface area contributed by atoms with Crippen molar-refractivity contribution >= 4 is 5.97 Å². The predicted octanol–water partition coefficient (Wildman–Crippen LogP) is 5.15. The van der Waals surface area contributed by atoms with Crippen molar-refractivity contribution in [3.63, 3.8) is 0 Å². The number of carboxylic acids is 1. The Morgan fingerprint density at radius 2 is 1.27 bits per heavy atom. The molecular formula is C18H36O4. The first-order valence-corrected chi connectivity index (χ1v) is 9.15. The van der Waals surface area contributed by atoms with Crippen LogP contribution in [0, 0.1) is 0 Å². The third-order valence-electron chi connectivity index (χ3n) is 3.70. The smallest absolute Gasteiger partial charge is 0.303 e. The summed E-state index contributed by atoms with van der Waals surface area (Å²) in [6, 6.07) is 0. The van der Waals surface area contributed by atoms with Crippen molar-refractivity contribution in [2.75, 3.05) is 13.2 Å². The summed E-state index contributed by atoms with van der Waals surface area (Å²) in [6.45, 7) is 5.74. The van der Waals surface area contributed by atoms with Crippen LogP contribution in [0.25, 0.3) is 0 Å². The van der Waals surface area contributed by atoms with Gasteiger partial charge in [0.2, 0.25) is 0 Å². The number of carboxylic acid groups (broad SMARTS) is 1. The molecule has 4 heteroatoms. The minimum Gasteiger partial charge on any atom is -0.481 e. The Balaban J connectivity index is 3.72. The highest BCUT2D eigenvalue weighted by Gasteiger charge is 2.11. The van der Waals surface area contributed by atoms with E-state index in [0.717, 1.165) is 12.8 Å². The van der Waals surface area contributed by atoms with E-state index in [4.69, 9.17) is 14.6 Å². The summed E-state index contributed by atoms with van der Waals surface area (Å²) in [4.78, 5) is 10.7. The Labute approximate surface area is 136 Å². The summed E-state index contributed by atoms with van der Waals surface area (Å²) in [6.07, 6.45) is 12.1. The van der Waals surface area contributed by atoms with E-state index in [0.29, 0.717) is 19.6 Å². The zero-order valence-corrected chi connectivity index (χ0v) is 14.6. The second-order valence-electron chi connectivity index (χ2n) is 5.93. The van der Waals surface area contributed by atoms with Crippen LogP contribution in [-0.4, -0.2) is 30.6 Å². The Morgan fingerprint density at radius 1 is 0.818 bits per heavy atom. The molecule has 132 valence electrons. The normalized spacial score (nSPS) is 11.2. The number of rotatable bonds is 17. The van der Waals surface area contributed by atoms with Crippen molar-refractivity contribution in [2.24, 2.45) is 0 Å². The number of hydrogen-bond donors (Lipinski definition) is 1. The summed E-state index contributed by atoms with van der Waals surface area (Å²) >= 11 is 0. The van der Waals surface area contributed by atoms with Crippen LogP contribution < -0.4 is 0 Å². The molecule has 0 aliphatic carbocycles. The lowest BCUT2D eigenvalue weighted by atomic mass is 10.2. The van der Waals surface area contributed by atoms with E-state index < -0.39 is 5.97 Å². The molecule has 0 aromatic rings. The summed E-state index contributed by atoms with van der Waals surface area (Å²) in [5.74, 6) is -0.789. The summed E-state index contributed by atoms with van der Waals surface area (Å²) < 4.78 is 11.4. The lowest BCUT2D eigenvalue weighted by Gasteiger charge is -2.18. The lowest BCUT2D eigenvalue weighted by Crippen LogP contribution is -2.20. The van der Waals surface area contributed by atoms with Gasteiger partial charge in [-0.25, -0.2) is 0 Å². The van der Waals surface area contributed by atoms with Crippen molar-refractivity contribution in [2.45, 2.75) is 97.2 Å². The fourth-order valence-corrected chi connectivity index (χ4v) is 2.30. The molecule has 0 saturated heterocycles. The van der Waals surface area contributed by atoms with Gasteiger partial charge in [-0.1, -0.05) is 65.2 Å².